The summed E-state index contributed by atoms with van der Waals surface area (Å²) in [5.41, 5.74) is 1.39. The van der Waals surface area contributed by atoms with E-state index in [9.17, 15) is 0 Å². The summed E-state index contributed by atoms with van der Waals surface area (Å²) in [7, 11) is 1.99. The summed E-state index contributed by atoms with van der Waals surface area (Å²) in [6.45, 7) is 5.17. The van der Waals surface area contributed by atoms with Gasteiger partial charge in [0.05, 0.1) is 0 Å². The SMILES string of the molecule is CCCCc1ccc(OC2CC(NC)C2OCCC)cc1. The zero-order chi connectivity index (χ0) is 15.1. The van der Waals surface area contributed by atoms with Crippen LogP contribution in [0.5, 0.6) is 5.75 Å². The molecule has 2 rings (SSSR count). The topological polar surface area (TPSA) is 30.5 Å². The highest BCUT2D eigenvalue weighted by Crippen LogP contribution is 2.29. The number of nitrogens with one attached hydrogen (secondary N) is 1. The number of hydrogen-bond donors (Lipinski definition) is 1. The maximum Gasteiger partial charge on any atom is 0.128 e. The minimum absolute atomic E-state index is 0.176. The number of likely N-dealkylation sites (N-methyl/N-ethyl adjacent to an activating group) is 1. The molecule has 0 amide bonds. The highest BCUT2D eigenvalue weighted by atomic mass is 16.5. The zero-order valence-electron chi connectivity index (χ0n) is 13.6. The summed E-state index contributed by atoms with van der Waals surface area (Å²) in [5, 5.41) is 3.30. The van der Waals surface area contributed by atoms with E-state index in [0.717, 1.165) is 31.6 Å². The fourth-order valence-corrected chi connectivity index (χ4v) is 2.75. The van der Waals surface area contributed by atoms with E-state index in [2.05, 4.69) is 43.4 Å². The fraction of sp³-hybridized carbons (Fsp3) is 0.667. The lowest BCUT2D eigenvalue weighted by Crippen LogP contribution is -2.60. The molecular formula is C18H29NO2. The molecule has 1 saturated carbocycles. The van der Waals surface area contributed by atoms with E-state index in [0.29, 0.717) is 6.04 Å². The molecule has 0 heterocycles. The van der Waals surface area contributed by atoms with Crippen molar-refractivity contribution in [3.8, 4) is 5.75 Å². The van der Waals surface area contributed by atoms with Crippen LogP contribution in [0.15, 0.2) is 24.3 Å². The van der Waals surface area contributed by atoms with Crippen molar-refractivity contribution < 1.29 is 9.47 Å². The Labute approximate surface area is 129 Å². The molecule has 3 heteroatoms. The summed E-state index contributed by atoms with van der Waals surface area (Å²) in [6, 6.07) is 8.97. The number of benzene rings is 1. The fourth-order valence-electron chi connectivity index (χ4n) is 2.75. The van der Waals surface area contributed by atoms with Gasteiger partial charge in [0, 0.05) is 19.1 Å². The lowest BCUT2D eigenvalue weighted by atomic mass is 9.85. The van der Waals surface area contributed by atoms with Crippen LogP contribution in [0.3, 0.4) is 0 Å². The maximum absolute atomic E-state index is 6.09. The van der Waals surface area contributed by atoms with Crippen molar-refractivity contribution in [1.82, 2.24) is 5.32 Å². The lowest BCUT2D eigenvalue weighted by molar-refractivity contribution is -0.106. The van der Waals surface area contributed by atoms with E-state index in [-0.39, 0.29) is 12.2 Å². The van der Waals surface area contributed by atoms with Gasteiger partial charge in [-0.3, -0.25) is 0 Å². The van der Waals surface area contributed by atoms with E-state index >= 15 is 0 Å². The summed E-state index contributed by atoms with van der Waals surface area (Å²) in [6.07, 6.45) is 6.06. The quantitative estimate of drug-likeness (QED) is 0.754. The van der Waals surface area contributed by atoms with E-state index in [1.807, 2.05) is 7.05 Å². The van der Waals surface area contributed by atoms with Crippen molar-refractivity contribution in [2.45, 2.75) is 64.2 Å². The molecule has 0 spiro atoms. The van der Waals surface area contributed by atoms with Gasteiger partial charge in [-0.25, -0.2) is 0 Å². The first-order chi connectivity index (χ1) is 10.3. The Morgan fingerprint density at radius 2 is 1.90 bits per heavy atom. The molecule has 118 valence electrons. The number of unbranched alkanes of at least 4 members (excludes halogenated alkanes) is 1. The monoisotopic (exact) mass is 291 g/mol. The smallest absolute Gasteiger partial charge is 0.128 e. The summed E-state index contributed by atoms with van der Waals surface area (Å²) >= 11 is 0. The Bertz CT molecular complexity index is 404. The molecule has 1 aliphatic rings. The van der Waals surface area contributed by atoms with Gasteiger partial charge in [0.2, 0.25) is 0 Å². The zero-order valence-corrected chi connectivity index (χ0v) is 13.6. The highest BCUT2D eigenvalue weighted by Gasteiger charge is 2.42. The molecular weight excluding hydrogens is 262 g/mol. The Morgan fingerprint density at radius 3 is 2.52 bits per heavy atom. The molecule has 21 heavy (non-hydrogen) atoms. The van der Waals surface area contributed by atoms with Crippen LogP contribution in [0, 0.1) is 0 Å². The van der Waals surface area contributed by atoms with Crippen LogP contribution in [0.2, 0.25) is 0 Å². The number of hydrogen-bond acceptors (Lipinski definition) is 3. The molecule has 0 radical (unpaired) electrons. The number of aryl methyl sites for hydroxylation is 1. The van der Waals surface area contributed by atoms with Gasteiger partial charge in [0.1, 0.15) is 18.0 Å². The predicted molar refractivity (Wildman–Crippen MR) is 87.0 cm³/mol. The number of ether oxygens (including phenoxy) is 2. The minimum Gasteiger partial charge on any atom is -0.488 e. The Morgan fingerprint density at radius 1 is 1.14 bits per heavy atom. The molecule has 0 aliphatic heterocycles. The van der Waals surface area contributed by atoms with Gasteiger partial charge in [-0.05, 0) is 44.0 Å². The van der Waals surface area contributed by atoms with Gasteiger partial charge in [-0.2, -0.15) is 0 Å². The van der Waals surface area contributed by atoms with Crippen molar-refractivity contribution in [1.29, 1.82) is 0 Å². The minimum atomic E-state index is 0.176. The third-order valence-electron chi connectivity index (χ3n) is 4.16. The second-order valence-electron chi connectivity index (χ2n) is 5.87. The average Bonchev–Trinajstić information content (AvgIpc) is 2.50. The molecule has 0 saturated heterocycles. The molecule has 1 aromatic carbocycles. The normalized spacial score (nSPS) is 24.6. The van der Waals surface area contributed by atoms with Gasteiger partial charge in [-0.15, -0.1) is 0 Å². The van der Waals surface area contributed by atoms with E-state index in [4.69, 9.17) is 9.47 Å². The van der Waals surface area contributed by atoms with Crippen molar-refractivity contribution >= 4 is 0 Å². The number of rotatable bonds is 9. The molecule has 3 atom stereocenters. The van der Waals surface area contributed by atoms with Crippen molar-refractivity contribution in [3.05, 3.63) is 29.8 Å². The maximum atomic E-state index is 6.09. The van der Waals surface area contributed by atoms with Crippen molar-refractivity contribution in [2.75, 3.05) is 13.7 Å². The van der Waals surface area contributed by atoms with Crippen LogP contribution >= 0.6 is 0 Å². The van der Waals surface area contributed by atoms with E-state index < -0.39 is 0 Å². The second kappa shape index (κ2) is 8.40. The molecule has 3 unspecified atom stereocenters. The van der Waals surface area contributed by atoms with Gasteiger partial charge >= 0.3 is 0 Å². The molecule has 1 fully saturated rings. The predicted octanol–water partition coefficient (Wildman–Crippen LogP) is 3.56. The van der Waals surface area contributed by atoms with Crippen LogP contribution < -0.4 is 10.1 Å². The van der Waals surface area contributed by atoms with Crippen LogP contribution in [-0.4, -0.2) is 31.9 Å². The molecule has 0 bridgehead atoms. The first-order valence-corrected chi connectivity index (χ1v) is 8.33. The lowest BCUT2D eigenvalue weighted by Gasteiger charge is -2.43. The summed E-state index contributed by atoms with van der Waals surface area (Å²) < 4.78 is 12.0. The van der Waals surface area contributed by atoms with Crippen LogP contribution in [0.4, 0.5) is 0 Å². The third kappa shape index (κ3) is 4.45. The highest BCUT2D eigenvalue weighted by molar-refractivity contribution is 5.28. The average molecular weight is 291 g/mol. The largest absolute Gasteiger partial charge is 0.488 e. The Balaban J connectivity index is 1.85. The van der Waals surface area contributed by atoms with Crippen LogP contribution in [0.1, 0.15) is 45.1 Å². The van der Waals surface area contributed by atoms with Crippen molar-refractivity contribution in [3.63, 3.8) is 0 Å². The Hall–Kier alpha value is -1.06. The first-order valence-electron chi connectivity index (χ1n) is 8.33. The van der Waals surface area contributed by atoms with E-state index in [1.165, 1.54) is 18.4 Å². The molecule has 1 aliphatic carbocycles. The van der Waals surface area contributed by atoms with Gasteiger partial charge in [0.15, 0.2) is 0 Å². The van der Waals surface area contributed by atoms with Crippen molar-refractivity contribution in [2.24, 2.45) is 0 Å². The standard InChI is InChI=1S/C18H29NO2/c1-4-6-7-14-8-10-15(11-9-14)21-17-13-16(19-3)18(17)20-12-5-2/h8-11,16-19H,4-7,12-13H2,1-3H3. The van der Waals surface area contributed by atoms with Crippen LogP contribution in [0.25, 0.3) is 0 Å². The van der Waals surface area contributed by atoms with Gasteiger partial charge in [-0.1, -0.05) is 32.4 Å². The van der Waals surface area contributed by atoms with Crippen LogP contribution in [-0.2, 0) is 11.2 Å². The first kappa shape index (κ1) is 16.3. The van der Waals surface area contributed by atoms with E-state index in [1.54, 1.807) is 0 Å². The summed E-state index contributed by atoms with van der Waals surface area (Å²) in [5.74, 6) is 0.958. The second-order valence-corrected chi connectivity index (χ2v) is 5.87. The Kier molecular flexibility index (Phi) is 6.52. The summed E-state index contributed by atoms with van der Waals surface area (Å²) in [4.78, 5) is 0. The van der Waals surface area contributed by atoms with Gasteiger partial charge < -0.3 is 14.8 Å². The third-order valence-corrected chi connectivity index (χ3v) is 4.16. The molecule has 3 nitrogen and oxygen atoms in total. The molecule has 1 N–H and O–H groups in total. The molecule has 1 aromatic rings. The molecule has 0 aromatic heterocycles. The van der Waals surface area contributed by atoms with Gasteiger partial charge in [0.25, 0.3) is 0 Å².